The first-order valence-electron chi connectivity index (χ1n) is 11.2. The minimum atomic E-state index is 0.115. The molecule has 0 saturated heterocycles. The quantitative estimate of drug-likeness (QED) is 0.367. The maximum atomic E-state index is 11.2. The first kappa shape index (κ1) is 20.7. The molecule has 0 radical (unpaired) electrons. The second-order valence-electron chi connectivity index (χ2n) is 8.74. The molecule has 0 amide bonds. The van der Waals surface area contributed by atoms with E-state index in [9.17, 15) is 4.79 Å². The molecule has 0 aliphatic heterocycles. The highest BCUT2D eigenvalue weighted by Gasteiger charge is 2.31. The Morgan fingerprint density at radius 2 is 1.94 bits per heavy atom. The van der Waals surface area contributed by atoms with Crippen LogP contribution in [0.1, 0.15) is 12.8 Å². The summed E-state index contributed by atoms with van der Waals surface area (Å²) < 4.78 is 3.87. The zero-order valence-electron chi connectivity index (χ0n) is 18.8. The van der Waals surface area contributed by atoms with Crippen molar-refractivity contribution in [3.63, 3.8) is 0 Å². The number of anilines is 1. The zero-order chi connectivity index (χ0) is 23.2. The van der Waals surface area contributed by atoms with Crippen molar-refractivity contribution in [2.24, 2.45) is 20.0 Å². The van der Waals surface area contributed by atoms with Gasteiger partial charge in [-0.15, -0.1) is 11.3 Å². The van der Waals surface area contributed by atoms with Gasteiger partial charge in [-0.2, -0.15) is 0 Å². The molecule has 6 rings (SSSR count). The van der Waals surface area contributed by atoms with Gasteiger partial charge in [0.25, 0.3) is 0 Å². The number of carbonyl (C=O) groups excluding carboxylic acids is 1. The topological polar surface area (TPSA) is 90.5 Å². The van der Waals surface area contributed by atoms with Crippen LogP contribution < -0.4 is 5.32 Å². The number of nitrogens with one attached hydrogen (secondary N) is 1. The van der Waals surface area contributed by atoms with Crippen LogP contribution in [-0.2, 0) is 18.9 Å². The highest BCUT2D eigenvalue weighted by molar-refractivity contribution is 7.22. The average molecular weight is 470 g/mol. The first-order chi connectivity index (χ1) is 16.6. The average Bonchev–Trinajstić information content (AvgIpc) is 3.54. The van der Waals surface area contributed by atoms with E-state index in [4.69, 9.17) is 9.97 Å². The molecule has 1 saturated carbocycles. The van der Waals surface area contributed by atoms with E-state index in [2.05, 4.69) is 27.4 Å². The van der Waals surface area contributed by atoms with E-state index >= 15 is 0 Å². The molecule has 170 valence electrons. The lowest BCUT2D eigenvalue weighted by atomic mass is 9.81. The fraction of sp³-hybridized carbons (Fsp3) is 0.240. The van der Waals surface area contributed by atoms with Crippen molar-refractivity contribution in [1.82, 2.24) is 29.1 Å². The predicted molar refractivity (Wildman–Crippen MR) is 133 cm³/mol. The Kier molecular flexibility index (Phi) is 4.99. The van der Waals surface area contributed by atoms with E-state index in [0.717, 1.165) is 56.9 Å². The van der Waals surface area contributed by atoms with E-state index < -0.39 is 0 Å². The van der Waals surface area contributed by atoms with Gasteiger partial charge in [-0.25, -0.2) is 19.9 Å². The Morgan fingerprint density at radius 3 is 2.62 bits per heavy atom. The fourth-order valence-corrected chi connectivity index (χ4v) is 5.62. The molecule has 1 aliphatic carbocycles. The molecule has 5 aromatic rings. The molecule has 1 fully saturated rings. The lowest BCUT2D eigenvalue weighted by Crippen LogP contribution is -2.36. The lowest BCUT2D eigenvalue weighted by Gasteiger charge is -2.32. The zero-order valence-corrected chi connectivity index (χ0v) is 19.7. The Balaban J connectivity index is 1.60. The monoisotopic (exact) mass is 469 g/mol. The Hall–Kier alpha value is -3.85. The Bertz CT molecular complexity index is 1490. The van der Waals surface area contributed by atoms with Gasteiger partial charge in [0.05, 0.1) is 22.3 Å². The van der Waals surface area contributed by atoms with Gasteiger partial charge in [0.2, 0.25) is 0 Å². The molecule has 4 heterocycles. The normalized spacial score (nSPS) is 17.6. The Labute approximate surface area is 200 Å². The third-order valence-corrected chi connectivity index (χ3v) is 7.39. The maximum absolute atomic E-state index is 11.2. The summed E-state index contributed by atoms with van der Waals surface area (Å²) in [7, 11) is 3.91. The van der Waals surface area contributed by atoms with Crippen LogP contribution in [0.3, 0.4) is 0 Å². The van der Waals surface area contributed by atoms with Crippen LogP contribution in [0.2, 0.25) is 0 Å². The number of nitrogens with zero attached hydrogens (tertiary/aromatic N) is 6. The molecule has 4 aromatic heterocycles. The molecule has 0 unspecified atom stereocenters. The maximum Gasteiger partial charge on any atom is 0.199 e. The second-order valence-corrected chi connectivity index (χ2v) is 9.74. The van der Waals surface area contributed by atoms with Crippen LogP contribution in [0.25, 0.3) is 43.6 Å². The molecule has 0 atom stereocenters. The van der Waals surface area contributed by atoms with Gasteiger partial charge in [0.15, 0.2) is 11.6 Å². The summed E-state index contributed by atoms with van der Waals surface area (Å²) in [5.74, 6) is 2.17. The molecule has 1 aliphatic rings. The number of rotatable bonds is 6. The van der Waals surface area contributed by atoms with Gasteiger partial charge in [-0.3, -0.25) is 0 Å². The second kappa shape index (κ2) is 8.18. The van der Waals surface area contributed by atoms with Crippen molar-refractivity contribution in [1.29, 1.82) is 0 Å². The Morgan fingerprint density at radius 1 is 1.12 bits per heavy atom. The number of fused-ring (bicyclic) bond motifs is 1. The summed E-state index contributed by atoms with van der Waals surface area (Å²) in [5.41, 5.74) is 3.06. The van der Waals surface area contributed by atoms with E-state index in [0.29, 0.717) is 11.6 Å². The highest BCUT2D eigenvalue weighted by atomic mass is 32.1. The van der Waals surface area contributed by atoms with Crippen molar-refractivity contribution in [3.8, 4) is 33.3 Å². The van der Waals surface area contributed by atoms with Crippen molar-refractivity contribution < 1.29 is 4.79 Å². The third kappa shape index (κ3) is 3.49. The predicted octanol–water partition coefficient (Wildman–Crippen LogP) is 4.55. The minimum absolute atomic E-state index is 0.115. The van der Waals surface area contributed by atoms with Gasteiger partial charge in [-0.05, 0) is 18.4 Å². The molecule has 1 aromatic carbocycles. The molecule has 9 heteroatoms. The summed E-state index contributed by atoms with van der Waals surface area (Å²) in [6, 6.07) is 10.5. The standard InChI is InChI=1S/C25H23N7OS/c1-31-12-18(27-14-31)21-19(16-6-4-3-5-7-16)20-22(28-17-10-15(11-17)13-33)29-23(30-25(20)34-21)24-26-8-9-32(24)2/h3-9,12-15,17H,10-11H2,1-2H3,(H,28,29,30)/t15-,17+. The number of benzene rings is 1. The number of thiophene rings is 1. The molecule has 34 heavy (non-hydrogen) atoms. The molecule has 1 N–H and O–H groups in total. The van der Waals surface area contributed by atoms with Gasteiger partial charge in [0.1, 0.15) is 16.9 Å². The van der Waals surface area contributed by atoms with E-state index in [1.807, 2.05) is 60.1 Å². The SMILES string of the molecule is Cn1cnc(-c2sc3nc(-c4nccn4C)nc(N[C@H]4C[C@@H](C=O)C4)c3c2-c2ccccc2)c1. The summed E-state index contributed by atoms with van der Waals surface area (Å²) in [4.78, 5) is 32.1. The van der Waals surface area contributed by atoms with Crippen LogP contribution >= 0.6 is 11.3 Å². The number of aryl methyl sites for hydroxylation is 2. The number of aldehydes is 1. The fourth-order valence-electron chi connectivity index (χ4n) is 4.46. The number of carbonyl (C=O) groups is 1. The molecule has 0 bridgehead atoms. The number of hydrogen-bond acceptors (Lipinski definition) is 7. The number of hydrogen-bond donors (Lipinski definition) is 1. The molecular formula is C25H23N7OS. The smallest absolute Gasteiger partial charge is 0.199 e. The van der Waals surface area contributed by atoms with Crippen LogP contribution in [0.4, 0.5) is 5.82 Å². The summed E-state index contributed by atoms with van der Waals surface area (Å²) >= 11 is 1.61. The lowest BCUT2D eigenvalue weighted by molar-refractivity contribution is -0.113. The first-order valence-corrected chi connectivity index (χ1v) is 12.0. The number of imidazole rings is 2. The van der Waals surface area contributed by atoms with Crippen molar-refractivity contribution >= 4 is 33.7 Å². The van der Waals surface area contributed by atoms with Gasteiger partial charge in [0, 0.05) is 50.2 Å². The van der Waals surface area contributed by atoms with Crippen LogP contribution in [0, 0.1) is 5.92 Å². The summed E-state index contributed by atoms with van der Waals surface area (Å²) in [5, 5.41) is 4.60. The summed E-state index contributed by atoms with van der Waals surface area (Å²) in [6.45, 7) is 0. The molecule has 0 spiro atoms. The van der Waals surface area contributed by atoms with Gasteiger partial charge < -0.3 is 19.2 Å². The third-order valence-electron chi connectivity index (χ3n) is 6.28. The largest absolute Gasteiger partial charge is 0.367 e. The van der Waals surface area contributed by atoms with Crippen molar-refractivity contribution in [3.05, 3.63) is 55.2 Å². The van der Waals surface area contributed by atoms with E-state index in [1.54, 1.807) is 17.5 Å². The summed E-state index contributed by atoms with van der Waals surface area (Å²) in [6.07, 6.45) is 10.1. The van der Waals surface area contributed by atoms with Crippen LogP contribution in [0.15, 0.2) is 55.2 Å². The van der Waals surface area contributed by atoms with Crippen LogP contribution in [-0.4, -0.2) is 41.4 Å². The van der Waals surface area contributed by atoms with E-state index in [-0.39, 0.29) is 12.0 Å². The van der Waals surface area contributed by atoms with Crippen molar-refractivity contribution in [2.45, 2.75) is 18.9 Å². The van der Waals surface area contributed by atoms with Gasteiger partial charge in [-0.1, -0.05) is 30.3 Å². The van der Waals surface area contributed by atoms with Crippen molar-refractivity contribution in [2.75, 3.05) is 5.32 Å². The highest BCUT2D eigenvalue weighted by Crippen LogP contribution is 2.47. The molecule has 8 nitrogen and oxygen atoms in total. The minimum Gasteiger partial charge on any atom is -0.367 e. The van der Waals surface area contributed by atoms with Crippen LogP contribution in [0.5, 0.6) is 0 Å². The number of aromatic nitrogens is 6. The van der Waals surface area contributed by atoms with E-state index in [1.165, 1.54) is 0 Å². The molecular weight excluding hydrogens is 446 g/mol. The van der Waals surface area contributed by atoms with Gasteiger partial charge >= 0.3 is 0 Å².